The molecule has 18 heavy (non-hydrogen) atoms. The van der Waals surface area contributed by atoms with Gasteiger partial charge in [0.2, 0.25) is 0 Å². The van der Waals surface area contributed by atoms with Crippen LogP contribution in [0.1, 0.15) is 33.6 Å². The van der Waals surface area contributed by atoms with Crippen LogP contribution in [0, 0.1) is 5.41 Å². The van der Waals surface area contributed by atoms with Gasteiger partial charge in [-0.1, -0.05) is 0 Å². The zero-order valence-corrected chi connectivity index (χ0v) is 11.5. The Morgan fingerprint density at radius 3 is 2.22 bits per heavy atom. The molecule has 5 nitrogen and oxygen atoms in total. The highest BCUT2D eigenvalue weighted by molar-refractivity contribution is 5.68. The highest BCUT2D eigenvalue weighted by Gasteiger charge is 2.39. The molecule has 2 fully saturated rings. The molecule has 0 unspecified atom stereocenters. The zero-order chi connectivity index (χ0) is 13.2. The van der Waals surface area contributed by atoms with Crippen LogP contribution in [0.2, 0.25) is 0 Å². The molecule has 0 radical (unpaired) electrons. The summed E-state index contributed by atoms with van der Waals surface area (Å²) >= 11 is 0. The Balaban J connectivity index is 1.84. The van der Waals surface area contributed by atoms with Crippen LogP contribution in [-0.2, 0) is 14.2 Å². The summed E-state index contributed by atoms with van der Waals surface area (Å²) in [5.41, 5.74) is -0.319. The van der Waals surface area contributed by atoms with Crippen molar-refractivity contribution >= 4 is 6.09 Å². The maximum Gasteiger partial charge on any atom is 0.410 e. The SMILES string of the molecule is CC(C)(C)OC(=O)N1CCC2(CC1)COCOC2. The van der Waals surface area contributed by atoms with Crippen molar-refractivity contribution in [3.05, 3.63) is 0 Å². The van der Waals surface area contributed by atoms with Crippen LogP contribution in [-0.4, -0.2) is 49.7 Å². The number of ether oxygens (including phenoxy) is 3. The fourth-order valence-corrected chi connectivity index (χ4v) is 2.40. The highest BCUT2D eigenvalue weighted by atomic mass is 16.7. The van der Waals surface area contributed by atoms with E-state index in [9.17, 15) is 4.79 Å². The molecule has 2 aliphatic heterocycles. The minimum Gasteiger partial charge on any atom is -0.444 e. The summed E-state index contributed by atoms with van der Waals surface area (Å²) in [6.45, 7) is 9.00. The molecule has 2 heterocycles. The fraction of sp³-hybridized carbons (Fsp3) is 0.923. The highest BCUT2D eigenvalue weighted by Crippen LogP contribution is 2.34. The largest absolute Gasteiger partial charge is 0.444 e. The first kappa shape index (κ1) is 13.6. The van der Waals surface area contributed by atoms with Gasteiger partial charge in [0, 0.05) is 18.5 Å². The van der Waals surface area contributed by atoms with Gasteiger partial charge in [0.25, 0.3) is 0 Å². The molecular weight excluding hydrogens is 234 g/mol. The molecule has 0 N–H and O–H groups in total. The fourth-order valence-electron chi connectivity index (χ4n) is 2.40. The molecule has 1 amide bonds. The molecule has 0 atom stereocenters. The van der Waals surface area contributed by atoms with Crippen LogP contribution in [0.25, 0.3) is 0 Å². The van der Waals surface area contributed by atoms with Crippen molar-refractivity contribution in [2.45, 2.75) is 39.2 Å². The number of carbonyl (C=O) groups is 1. The van der Waals surface area contributed by atoms with Gasteiger partial charge in [-0.05, 0) is 33.6 Å². The van der Waals surface area contributed by atoms with Gasteiger partial charge in [-0.15, -0.1) is 0 Å². The molecule has 2 aliphatic rings. The lowest BCUT2D eigenvalue weighted by Crippen LogP contribution is -2.49. The molecule has 0 bridgehead atoms. The lowest BCUT2D eigenvalue weighted by molar-refractivity contribution is -0.176. The van der Waals surface area contributed by atoms with Crippen molar-refractivity contribution in [3.8, 4) is 0 Å². The number of nitrogens with zero attached hydrogens (tertiary/aromatic N) is 1. The first-order valence-corrected chi connectivity index (χ1v) is 6.54. The lowest BCUT2D eigenvalue weighted by atomic mass is 9.79. The van der Waals surface area contributed by atoms with Gasteiger partial charge in [-0.2, -0.15) is 0 Å². The van der Waals surface area contributed by atoms with E-state index in [-0.39, 0.29) is 11.5 Å². The van der Waals surface area contributed by atoms with E-state index in [0.29, 0.717) is 6.79 Å². The monoisotopic (exact) mass is 257 g/mol. The van der Waals surface area contributed by atoms with Crippen molar-refractivity contribution < 1.29 is 19.0 Å². The van der Waals surface area contributed by atoms with E-state index in [2.05, 4.69) is 0 Å². The minimum atomic E-state index is -0.427. The summed E-state index contributed by atoms with van der Waals surface area (Å²) in [6.07, 6.45) is 1.63. The van der Waals surface area contributed by atoms with Crippen LogP contribution < -0.4 is 0 Å². The van der Waals surface area contributed by atoms with Crippen LogP contribution in [0.4, 0.5) is 4.79 Å². The molecule has 0 aromatic carbocycles. The predicted octanol–water partition coefficient (Wildman–Crippen LogP) is 2.01. The number of amides is 1. The topological polar surface area (TPSA) is 48.0 Å². The van der Waals surface area contributed by atoms with E-state index in [4.69, 9.17) is 14.2 Å². The van der Waals surface area contributed by atoms with E-state index in [1.54, 1.807) is 4.90 Å². The molecule has 2 rings (SSSR count). The molecule has 0 aromatic rings. The molecular formula is C13H23NO4. The summed E-state index contributed by atoms with van der Waals surface area (Å²) in [5, 5.41) is 0. The van der Waals surface area contributed by atoms with Crippen molar-refractivity contribution in [2.75, 3.05) is 33.1 Å². The smallest absolute Gasteiger partial charge is 0.410 e. The van der Waals surface area contributed by atoms with Gasteiger partial charge >= 0.3 is 6.09 Å². The Bertz CT molecular complexity index is 295. The average Bonchev–Trinajstić information content (AvgIpc) is 2.28. The summed E-state index contributed by atoms with van der Waals surface area (Å²) in [5.74, 6) is 0. The number of carbonyl (C=O) groups excluding carboxylic acids is 1. The Labute approximate surface area is 108 Å². The first-order valence-electron chi connectivity index (χ1n) is 6.54. The third-order valence-corrected chi connectivity index (χ3v) is 3.46. The normalized spacial score (nSPS) is 24.1. The van der Waals surface area contributed by atoms with Gasteiger partial charge in [0.05, 0.1) is 13.2 Å². The van der Waals surface area contributed by atoms with Crippen molar-refractivity contribution in [1.29, 1.82) is 0 Å². The van der Waals surface area contributed by atoms with E-state index >= 15 is 0 Å². The number of hydrogen-bond donors (Lipinski definition) is 0. The second-order valence-electron chi connectivity index (χ2n) is 6.28. The van der Waals surface area contributed by atoms with Crippen molar-refractivity contribution in [1.82, 2.24) is 4.90 Å². The lowest BCUT2D eigenvalue weighted by Gasteiger charge is -2.43. The first-order chi connectivity index (χ1) is 8.40. The molecule has 0 saturated carbocycles. The van der Waals surface area contributed by atoms with E-state index in [1.165, 1.54) is 0 Å². The van der Waals surface area contributed by atoms with E-state index in [0.717, 1.165) is 39.1 Å². The molecule has 0 aliphatic carbocycles. The summed E-state index contributed by atoms with van der Waals surface area (Å²) in [6, 6.07) is 0. The van der Waals surface area contributed by atoms with Gasteiger partial charge in [-0.3, -0.25) is 0 Å². The molecule has 0 aromatic heterocycles. The summed E-state index contributed by atoms with van der Waals surface area (Å²) < 4.78 is 16.1. The third kappa shape index (κ3) is 3.36. The zero-order valence-electron chi connectivity index (χ0n) is 11.5. The van der Waals surface area contributed by atoms with E-state index in [1.807, 2.05) is 20.8 Å². The summed E-state index contributed by atoms with van der Waals surface area (Å²) in [7, 11) is 0. The number of rotatable bonds is 0. The van der Waals surface area contributed by atoms with Gasteiger partial charge in [-0.25, -0.2) is 4.79 Å². The minimum absolute atomic E-state index is 0.108. The number of likely N-dealkylation sites (tertiary alicyclic amines) is 1. The Hall–Kier alpha value is -0.810. The van der Waals surface area contributed by atoms with Crippen molar-refractivity contribution in [2.24, 2.45) is 5.41 Å². The quantitative estimate of drug-likeness (QED) is 0.666. The Kier molecular flexibility index (Phi) is 3.82. The van der Waals surface area contributed by atoms with Gasteiger partial charge < -0.3 is 19.1 Å². The van der Waals surface area contributed by atoms with Crippen LogP contribution >= 0.6 is 0 Å². The van der Waals surface area contributed by atoms with Crippen molar-refractivity contribution in [3.63, 3.8) is 0 Å². The number of piperidine rings is 1. The summed E-state index contributed by atoms with van der Waals surface area (Å²) in [4.78, 5) is 13.7. The van der Waals surface area contributed by atoms with E-state index < -0.39 is 5.60 Å². The van der Waals surface area contributed by atoms with Gasteiger partial charge in [0.15, 0.2) is 0 Å². The molecule has 2 saturated heterocycles. The second kappa shape index (κ2) is 5.05. The second-order valence-corrected chi connectivity index (χ2v) is 6.28. The number of hydrogen-bond acceptors (Lipinski definition) is 4. The molecule has 5 heteroatoms. The average molecular weight is 257 g/mol. The van der Waals surface area contributed by atoms with Crippen LogP contribution in [0.5, 0.6) is 0 Å². The molecule has 104 valence electrons. The Morgan fingerprint density at radius 2 is 1.72 bits per heavy atom. The third-order valence-electron chi connectivity index (χ3n) is 3.46. The van der Waals surface area contributed by atoms with Crippen LogP contribution in [0.3, 0.4) is 0 Å². The predicted molar refractivity (Wildman–Crippen MR) is 66.2 cm³/mol. The Morgan fingerprint density at radius 1 is 1.17 bits per heavy atom. The maximum absolute atomic E-state index is 11.9. The maximum atomic E-state index is 11.9. The van der Waals surface area contributed by atoms with Crippen LogP contribution in [0.15, 0.2) is 0 Å². The standard InChI is InChI=1S/C13H23NO4/c1-12(2,3)18-11(15)14-6-4-13(5-7-14)8-16-10-17-9-13/h4-10H2,1-3H3. The molecule has 1 spiro atoms. The van der Waals surface area contributed by atoms with Gasteiger partial charge in [0.1, 0.15) is 12.4 Å².